The molecule has 0 radical (unpaired) electrons. The van der Waals surface area contributed by atoms with Crippen molar-refractivity contribution < 1.29 is 0 Å². The quantitative estimate of drug-likeness (QED) is 0.0902. The molecule has 0 atom stereocenters. The summed E-state index contributed by atoms with van der Waals surface area (Å²) in [5.41, 5.74) is 14.2. The third-order valence-electron chi connectivity index (χ3n) is 13.0. The summed E-state index contributed by atoms with van der Waals surface area (Å²) in [6, 6.07) is 58.5. The maximum Gasteiger partial charge on any atom is -0.000884 e. The van der Waals surface area contributed by atoms with E-state index in [1.165, 1.54) is 109 Å². The van der Waals surface area contributed by atoms with Gasteiger partial charge in [-0.1, -0.05) is 201 Å². The van der Waals surface area contributed by atoms with Crippen LogP contribution >= 0.6 is 15.8 Å². The molecule has 0 aromatic heterocycles. The van der Waals surface area contributed by atoms with E-state index in [0.29, 0.717) is 0 Å². The van der Waals surface area contributed by atoms with Crippen molar-refractivity contribution in [2.45, 2.75) is 107 Å². The number of hydrogen-bond donors (Lipinski definition) is 0. The van der Waals surface area contributed by atoms with Gasteiger partial charge in [-0.3, -0.25) is 0 Å². The highest BCUT2D eigenvalue weighted by Crippen LogP contribution is 2.46. The minimum absolute atomic E-state index is 0.971. The zero-order chi connectivity index (χ0) is 43.3. The molecule has 0 saturated heterocycles. The molecule has 8 rings (SSSR count). The lowest BCUT2D eigenvalue weighted by atomic mass is 9.93. The summed E-state index contributed by atoms with van der Waals surface area (Å²) in [4.78, 5) is 0. The maximum absolute atomic E-state index is 2.55. The summed E-state index contributed by atoms with van der Waals surface area (Å²) >= 11 is 0. The van der Waals surface area contributed by atoms with Crippen molar-refractivity contribution in [2.24, 2.45) is 0 Å². The van der Waals surface area contributed by atoms with Crippen LogP contribution in [0.4, 0.5) is 0 Å². The molecular weight excluding hydrogens is 783 g/mol. The zero-order valence-corrected chi connectivity index (χ0v) is 40.2. The average Bonchev–Trinajstić information content (AvgIpc) is 3.33. The molecule has 0 heterocycles. The molecule has 8 aromatic rings. The second-order valence-electron chi connectivity index (χ2n) is 16.9. The van der Waals surface area contributed by atoms with Gasteiger partial charge in [0.25, 0.3) is 0 Å². The highest BCUT2D eigenvalue weighted by molar-refractivity contribution is 7.81. The molecule has 0 bridgehead atoms. The third-order valence-corrected chi connectivity index (χ3v) is 17.8. The van der Waals surface area contributed by atoms with Crippen LogP contribution in [0.15, 0.2) is 146 Å². The number of hydrogen-bond acceptors (Lipinski definition) is 0. The lowest BCUT2D eigenvalue weighted by molar-refractivity contribution is 1.09. The monoisotopic (exact) mass is 846 g/mol. The number of aryl methyl sites for hydroxylation is 8. The van der Waals surface area contributed by atoms with Gasteiger partial charge < -0.3 is 0 Å². The Morgan fingerprint density at radius 3 is 0.758 bits per heavy atom. The van der Waals surface area contributed by atoms with Crippen LogP contribution in [0.5, 0.6) is 0 Å². The second-order valence-corrected chi connectivity index (χ2v) is 21.3. The van der Waals surface area contributed by atoms with Crippen molar-refractivity contribution >= 4 is 69.2 Å². The minimum Gasteiger partial charge on any atom is -0.0616 e. The molecular formula is C60H64P2. The fourth-order valence-corrected chi connectivity index (χ4v) is 14.8. The topological polar surface area (TPSA) is 0 Å². The average molecular weight is 847 g/mol. The van der Waals surface area contributed by atoms with Crippen LogP contribution in [0.3, 0.4) is 0 Å². The molecule has 0 aliphatic heterocycles. The predicted octanol–water partition coefficient (Wildman–Crippen LogP) is 13.7. The van der Waals surface area contributed by atoms with Crippen LogP contribution in [0.2, 0.25) is 0 Å². The van der Waals surface area contributed by atoms with E-state index in [-0.39, 0.29) is 0 Å². The van der Waals surface area contributed by atoms with Gasteiger partial charge in [-0.2, -0.15) is 0 Å². The first-order chi connectivity index (χ1) is 30.3. The van der Waals surface area contributed by atoms with Crippen molar-refractivity contribution in [3.63, 3.8) is 0 Å². The molecule has 0 unspecified atom stereocenters. The molecule has 0 amide bonds. The first kappa shape index (κ1) is 43.8. The summed E-state index contributed by atoms with van der Waals surface area (Å²) in [5, 5.41) is 14.0. The Morgan fingerprint density at radius 2 is 0.516 bits per heavy atom. The van der Waals surface area contributed by atoms with Gasteiger partial charge in [-0.25, -0.2) is 0 Å². The van der Waals surface area contributed by atoms with Crippen LogP contribution in [-0.4, -0.2) is 0 Å². The van der Waals surface area contributed by atoms with E-state index in [4.69, 9.17) is 0 Å². The third kappa shape index (κ3) is 8.85. The normalized spacial score (nSPS) is 11.7. The fraction of sp³-hybridized carbons (Fsp3) is 0.267. The smallest absolute Gasteiger partial charge is 0.000884 e. The van der Waals surface area contributed by atoms with E-state index in [1.807, 2.05) is 0 Å². The fourth-order valence-electron chi connectivity index (χ4n) is 9.39. The van der Waals surface area contributed by atoms with Crippen LogP contribution in [-0.2, 0) is 51.4 Å². The molecule has 314 valence electrons. The van der Waals surface area contributed by atoms with Gasteiger partial charge in [0.05, 0.1) is 0 Å². The molecule has 8 aromatic carbocycles. The summed E-state index contributed by atoms with van der Waals surface area (Å²) in [6.07, 6.45) is 8.18. The van der Waals surface area contributed by atoms with Gasteiger partial charge in [0.15, 0.2) is 0 Å². The predicted molar refractivity (Wildman–Crippen MR) is 279 cm³/mol. The van der Waals surface area contributed by atoms with Crippen molar-refractivity contribution in [1.82, 2.24) is 0 Å². The maximum atomic E-state index is 2.55. The van der Waals surface area contributed by atoms with Crippen molar-refractivity contribution in [3.05, 3.63) is 190 Å². The summed E-state index contributed by atoms with van der Waals surface area (Å²) < 4.78 is 0. The van der Waals surface area contributed by atoms with Crippen molar-refractivity contribution in [1.29, 1.82) is 0 Å². The Hall–Kier alpha value is -4.86. The molecule has 0 N–H and O–H groups in total. The van der Waals surface area contributed by atoms with Gasteiger partial charge >= 0.3 is 0 Å². The second kappa shape index (κ2) is 19.7. The Labute approximate surface area is 375 Å². The van der Waals surface area contributed by atoms with Gasteiger partial charge in [-0.15, -0.1) is 0 Å². The van der Waals surface area contributed by atoms with Gasteiger partial charge in [0.2, 0.25) is 0 Å². The van der Waals surface area contributed by atoms with E-state index in [2.05, 4.69) is 201 Å². The van der Waals surface area contributed by atoms with Gasteiger partial charge in [-0.05, 0) is 176 Å². The molecule has 0 aliphatic carbocycles. The van der Waals surface area contributed by atoms with Gasteiger partial charge in [0, 0.05) is 0 Å². The number of benzene rings is 8. The highest BCUT2D eigenvalue weighted by Gasteiger charge is 2.29. The van der Waals surface area contributed by atoms with E-state index >= 15 is 0 Å². The number of rotatable bonds is 15. The van der Waals surface area contributed by atoms with Crippen molar-refractivity contribution in [2.75, 3.05) is 0 Å². The van der Waals surface area contributed by atoms with Gasteiger partial charge in [0.1, 0.15) is 0 Å². The first-order valence-electron chi connectivity index (χ1n) is 23.5. The van der Waals surface area contributed by atoms with E-state index < -0.39 is 15.8 Å². The molecule has 0 aliphatic rings. The van der Waals surface area contributed by atoms with Crippen LogP contribution < -0.4 is 31.8 Å². The van der Waals surface area contributed by atoms with Crippen molar-refractivity contribution in [3.8, 4) is 11.1 Å². The van der Waals surface area contributed by atoms with Crippen LogP contribution in [0, 0.1) is 0 Å². The van der Waals surface area contributed by atoms with E-state index in [0.717, 1.165) is 51.4 Å². The zero-order valence-electron chi connectivity index (χ0n) is 38.4. The minimum atomic E-state index is -0.971. The van der Waals surface area contributed by atoms with E-state index in [9.17, 15) is 0 Å². The largest absolute Gasteiger partial charge is 0.0616 e. The summed E-state index contributed by atoms with van der Waals surface area (Å²) in [7, 11) is -1.94. The lowest BCUT2D eigenvalue weighted by Gasteiger charge is -2.30. The Morgan fingerprint density at radius 1 is 0.274 bits per heavy atom. The lowest BCUT2D eigenvalue weighted by Crippen LogP contribution is -2.27. The highest BCUT2D eigenvalue weighted by atomic mass is 31.1. The summed E-state index contributed by atoms with van der Waals surface area (Å²) in [6.45, 7) is 18.5. The molecule has 2 heteroatoms. The standard InChI is InChI=1S/C60H64P2/c1-9-41-29-42(10-2)34-51(33-41)61(52-35-43(11-3)30-44(12-4)36-52)57-27-25-49-21-17-19-23-55(49)59(57)60-56-24-20-18-22-50(56)26-28-58(60)62(53-37-45(13-5)31-46(14-6)38-53)54-39-47(15-7)32-48(16-8)40-54/h17-40H,9-16H2,1-8H3. The number of fused-ring (bicyclic) bond motifs is 2. The van der Waals surface area contributed by atoms with Crippen LogP contribution in [0.25, 0.3) is 32.7 Å². The SMILES string of the molecule is CCc1cc(CC)cc(P(c2cc(CC)cc(CC)c2)c2ccc3ccccc3c2-c2c(P(c3cc(CC)cc(CC)c3)c3cc(CC)cc(CC)c3)ccc3ccccc23)c1. The molecule has 0 fully saturated rings. The van der Waals surface area contributed by atoms with E-state index in [1.54, 1.807) is 0 Å². The molecule has 0 nitrogen and oxygen atoms in total. The molecule has 0 saturated carbocycles. The van der Waals surface area contributed by atoms with Crippen LogP contribution in [0.1, 0.15) is 99.9 Å². The Bertz CT molecular complexity index is 2470. The Kier molecular flexibility index (Phi) is 13.9. The summed E-state index contributed by atoms with van der Waals surface area (Å²) in [5.74, 6) is 0. The Balaban J connectivity index is 1.56. The molecule has 0 spiro atoms. The molecule has 62 heavy (non-hydrogen) atoms. The first-order valence-corrected chi connectivity index (χ1v) is 26.2.